The molecule has 112 valence electrons. The summed E-state index contributed by atoms with van der Waals surface area (Å²) in [6.45, 7) is 10.7. The second kappa shape index (κ2) is 5.69. The van der Waals surface area contributed by atoms with Gasteiger partial charge in [-0.25, -0.2) is 4.98 Å². The molecule has 0 atom stereocenters. The number of benzene rings is 2. The molecule has 0 aliphatic rings. The lowest BCUT2D eigenvalue weighted by atomic mass is 9.93. The topological polar surface area (TPSA) is 12.9 Å². The second-order valence-electron chi connectivity index (χ2n) is 5.99. The summed E-state index contributed by atoms with van der Waals surface area (Å²) < 4.78 is 0. The Morgan fingerprint density at radius 1 is 0.773 bits per heavy atom. The molecule has 0 radical (unpaired) electrons. The normalized spacial score (nSPS) is 11.0. The summed E-state index contributed by atoms with van der Waals surface area (Å²) in [6, 6.07) is 13.3. The van der Waals surface area contributed by atoms with Crippen LogP contribution >= 0.6 is 11.3 Å². The molecule has 22 heavy (non-hydrogen) atoms. The molecular weight excluding hydrogens is 286 g/mol. The third kappa shape index (κ3) is 2.71. The minimum atomic E-state index is 1.12. The molecule has 0 fully saturated rings. The predicted octanol–water partition coefficient (Wildman–Crippen LogP) is 6.02. The molecule has 0 aliphatic heterocycles. The van der Waals surface area contributed by atoms with Crippen LogP contribution in [0.2, 0.25) is 0 Å². The van der Waals surface area contributed by atoms with E-state index in [1.807, 2.05) is 0 Å². The van der Waals surface area contributed by atoms with Crippen molar-refractivity contribution < 1.29 is 0 Å². The Hall–Kier alpha value is -1.93. The van der Waals surface area contributed by atoms with Crippen LogP contribution in [0.25, 0.3) is 22.4 Å². The largest absolute Gasteiger partial charge is 0.241 e. The summed E-state index contributed by atoms with van der Waals surface area (Å²) in [6.07, 6.45) is 0. The Kier molecular flexibility index (Phi) is 3.88. The minimum Gasteiger partial charge on any atom is -0.241 e. The van der Waals surface area contributed by atoms with E-state index < -0.39 is 0 Å². The van der Waals surface area contributed by atoms with Gasteiger partial charge in [0.25, 0.3) is 0 Å². The number of thiazole rings is 1. The van der Waals surface area contributed by atoms with Gasteiger partial charge in [0.1, 0.15) is 0 Å². The Morgan fingerprint density at radius 2 is 1.32 bits per heavy atom. The first-order valence-corrected chi connectivity index (χ1v) is 8.40. The molecule has 0 saturated carbocycles. The number of hydrogen-bond donors (Lipinski definition) is 0. The standard InChI is InChI=1S/C20H21NS/c1-12-10-13(2)19(14(3)11-12)17-6-8-18(9-7-17)20-15(4)22-16(5)21-20/h6-11H,1-5H3. The third-order valence-corrected chi connectivity index (χ3v) is 4.91. The van der Waals surface area contributed by atoms with Gasteiger partial charge in [-0.05, 0) is 56.9 Å². The van der Waals surface area contributed by atoms with Crippen molar-refractivity contribution in [1.29, 1.82) is 0 Å². The van der Waals surface area contributed by atoms with Gasteiger partial charge < -0.3 is 0 Å². The zero-order valence-corrected chi connectivity index (χ0v) is 14.6. The van der Waals surface area contributed by atoms with Crippen LogP contribution in [0.4, 0.5) is 0 Å². The van der Waals surface area contributed by atoms with Crippen molar-refractivity contribution in [3.8, 4) is 22.4 Å². The number of aryl methyl sites for hydroxylation is 5. The summed E-state index contributed by atoms with van der Waals surface area (Å²) in [5.74, 6) is 0. The number of nitrogens with zero attached hydrogens (tertiary/aromatic N) is 1. The van der Waals surface area contributed by atoms with Gasteiger partial charge in [0.15, 0.2) is 0 Å². The van der Waals surface area contributed by atoms with E-state index in [9.17, 15) is 0 Å². The molecule has 0 saturated heterocycles. The highest BCUT2D eigenvalue weighted by Crippen LogP contribution is 2.32. The fourth-order valence-electron chi connectivity index (χ4n) is 3.23. The molecule has 0 amide bonds. The van der Waals surface area contributed by atoms with Gasteiger partial charge in [0, 0.05) is 10.4 Å². The van der Waals surface area contributed by atoms with Gasteiger partial charge >= 0.3 is 0 Å². The van der Waals surface area contributed by atoms with Crippen LogP contribution < -0.4 is 0 Å². The van der Waals surface area contributed by atoms with Gasteiger partial charge in [-0.1, -0.05) is 42.0 Å². The van der Waals surface area contributed by atoms with Crippen LogP contribution in [0, 0.1) is 34.6 Å². The van der Waals surface area contributed by atoms with Crippen LogP contribution in [0.5, 0.6) is 0 Å². The van der Waals surface area contributed by atoms with Crippen LogP contribution in [0.3, 0.4) is 0 Å². The molecule has 0 unspecified atom stereocenters. The predicted molar refractivity (Wildman–Crippen MR) is 96.7 cm³/mol. The van der Waals surface area contributed by atoms with Crippen molar-refractivity contribution >= 4 is 11.3 Å². The third-order valence-electron chi connectivity index (χ3n) is 4.03. The highest BCUT2D eigenvalue weighted by atomic mass is 32.1. The maximum atomic E-state index is 4.65. The molecule has 0 N–H and O–H groups in total. The summed E-state index contributed by atoms with van der Waals surface area (Å²) in [7, 11) is 0. The summed E-state index contributed by atoms with van der Waals surface area (Å²) >= 11 is 1.76. The quantitative estimate of drug-likeness (QED) is 0.564. The average Bonchev–Trinajstić information content (AvgIpc) is 2.77. The maximum absolute atomic E-state index is 4.65. The molecule has 1 nitrogen and oxygen atoms in total. The molecule has 3 rings (SSSR count). The molecule has 1 heterocycles. The van der Waals surface area contributed by atoms with Crippen molar-refractivity contribution in [3.63, 3.8) is 0 Å². The minimum absolute atomic E-state index is 1.12. The summed E-state index contributed by atoms with van der Waals surface area (Å²) in [4.78, 5) is 5.93. The molecule has 0 bridgehead atoms. The number of hydrogen-bond acceptors (Lipinski definition) is 2. The first kappa shape index (κ1) is 15.0. The first-order valence-electron chi connectivity index (χ1n) is 7.58. The summed E-state index contributed by atoms with van der Waals surface area (Å²) in [5, 5.41) is 1.13. The lowest BCUT2D eigenvalue weighted by Crippen LogP contribution is -1.90. The monoisotopic (exact) mass is 307 g/mol. The lowest BCUT2D eigenvalue weighted by Gasteiger charge is -2.12. The van der Waals surface area contributed by atoms with Crippen LogP contribution in [-0.4, -0.2) is 4.98 Å². The van der Waals surface area contributed by atoms with E-state index in [1.165, 1.54) is 38.3 Å². The van der Waals surface area contributed by atoms with Crippen molar-refractivity contribution in [1.82, 2.24) is 4.98 Å². The molecule has 3 aromatic rings. The van der Waals surface area contributed by atoms with E-state index in [1.54, 1.807) is 11.3 Å². The molecule has 0 aliphatic carbocycles. The first-order chi connectivity index (χ1) is 10.5. The summed E-state index contributed by atoms with van der Waals surface area (Å²) in [5.41, 5.74) is 8.95. The van der Waals surface area contributed by atoms with Crippen molar-refractivity contribution in [2.45, 2.75) is 34.6 Å². The van der Waals surface area contributed by atoms with Gasteiger partial charge in [0.05, 0.1) is 10.7 Å². The van der Waals surface area contributed by atoms with E-state index in [2.05, 4.69) is 76.0 Å². The van der Waals surface area contributed by atoms with Gasteiger partial charge in [0.2, 0.25) is 0 Å². The fourth-order valence-corrected chi connectivity index (χ4v) is 4.07. The maximum Gasteiger partial charge on any atom is 0.0904 e. The average molecular weight is 307 g/mol. The van der Waals surface area contributed by atoms with Gasteiger partial charge in [-0.2, -0.15) is 0 Å². The molecule has 0 spiro atoms. The van der Waals surface area contributed by atoms with E-state index in [4.69, 9.17) is 0 Å². The van der Waals surface area contributed by atoms with E-state index in [-0.39, 0.29) is 0 Å². The van der Waals surface area contributed by atoms with Crippen LogP contribution in [-0.2, 0) is 0 Å². The second-order valence-corrected chi connectivity index (χ2v) is 7.40. The zero-order chi connectivity index (χ0) is 15.9. The highest BCUT2D eigenvalue weighted by Gasteiger charge is 2.10. The van der Waals surface area contributed by atoms with Gasteiger partial charge in [-0.3, -0.25) is 0 Å². The van der Waals surface area contributed by atoms with Gasteiger partial charge in [-0.15, -0.1) is 11.3 Å². The number of rotatable bonds is 2. The zero-order valence-electron chi connectivity index (χ0n) is 13.8. The smallest absolute Gasteiger partial charge is 0.0904 e. The van der Waals surface area contributed by atoms with E-state index in [0.717, 1.165) is 10.7 Å². The SMILES string of the molecule is Cc1cc(C)c(-c2ccc(-c3nc(C)sc3C)cc2)c(C)c1. The van der Waals surface area contributed by atoms with Crippen LogP contribution in [0.15, 0.2) is 36.4 Å². The van der Waals surface area contributed by atoms with Crippen molar-refractivity contribution in [2.24, 2.45) is 0 Å². The molecular formula is C20H21NS. The van der Waals surface area contributed by atoms with E-state index >= 15 is 0 Å². The number of aromatic nitrogens is 1. The lowest BCUT2D eigenvalue weighted by molar-refractivity contribution is 1.28. The molecule has 2 aromatic carbocycles. The van der Waals surface area contributed by atoms with E-state index in [0.29, 0.717) is 0 Å². The Balaban J connectivity index is 2.04. The van der Waals surface area contributed by atoms with Crippen molar-refractivity contribution in [3.05, 3.63) is 63.0 Å². The highest BCUT2D eigenvalue weighted by molar-refractivity contribution is 7.11. The Labute approximate surface area is 136 Å². The fraction of sp³-hybridized carbons (Fsp3) is 0.250. The molecule has 1 aromatic heterocycles. The Morgan fingerprint density at radius 3 is 1.82 bits per heavy atom. The van der Waals surface area contributed by atoms with Crippen LogP contribution in [0.1, 0.15) is 26.6 Å². The van der Waals surface area contributed by atoms with Crippen molar-refractivity contribution in [2.75, 3.05) is 0 Å². The molecule has 2 heteroatoms. The Bertz CT molecular complexity index is 802.